The Labute approximate surface area is 127 Å². The Bertz CT molecular complexity index is 627. The number of aromatic nitrogens is 2. The molecule has 0 saturated heterocycles. The van der Waals surface area contributed by atoms with E-state index >= 15 is 0 Å². The van der Waals surface area contributed by atoms with Crippen LogP contribution in [0.1, 0.15) is 28.2 Å². The lowest BCUT2D eigenvalue weighted by molar-refractivity contribution is 0.0957. The van der Waals surface area contributed by atoms with E-state index in [4.69, 9.17) is 9.63 Å². The average Bonchev–Trinajstić information content (AvgIpc) is 2.83. The number of amides is 1. The number of aliphatic hydroxyl groups is 1. The molecule has 0 aliphatic rings. The van der Waals surface area contributed by atoms with E-state index in [1.165, 1.54) is 0 Å². The zero-order valence-electron chi connectivity index (χ0n) is 12.2. The van der Waals surface area contributed by atoms with Crippen LogP contribution in [0, 0.1) is 13.8 Å². The molecule has 0 aromatic carbocycles. The summed E-state index contributed by atoms with van der Waals surface area (Å²) in [5.41, 5.74) is 2.34. The van der Waals surface area contributed by atoms with Crippen molar-refractivity contribution in [2.24, 2.45) is 0 Å². The molecule has 2 N–H and O–H groups in total. The summed E-state index contributed by atoms with van der Waals surface area (Å²) < 4.78 is 5.12. The van der Waals surface area contributed by atoms with Crippen molar-refractivity contribution in [1.29, 1.82) is 0 Å². The second kappa shape index (κ2) is 7.42. The summed E-state index contributed by atoms with van der Waals surface area (Å²) in [4.78, 5) is 16.5. The first kappa shape index (κ1) is 15.8. The number of thioether (sulfide) groups is 1. The van der Waals surface area contributed by atoms with E-state index in [0.29, 0.717) is 28.9 Å². The van der Waals surface area contributed by atoms with Crippen LogP contribution >= 0.6 is 11.8 Å². The molecular weight excluding hydrogens is 290 g/mol. The normalized spacial score (nSPS) is 11.0. The number of pyridine rings is 1. The van der Waals surface area contributed by atoms with Crippen LogP contribution in [0.5, 0.6) is 0 Å². The van der Waals surface area contributed by atoms with Crippen molar-refractivity contribution in [2.75, 3.05) is 24.7 Å². The van der Waals surface area contributed by atoms with E-state index in [0.717, 1.165) is 23.6 Å². The predicted octanol–water partition coefficient (Wildman–Crippen LogP) is 1.69. The van der Waals surface area contributed by atoms with E-state index in [1.807, 2.05) is 6.92 Å². The SMILES string of the molecule is Cc1cc(C(=O)NCCSCCCO)c2c(C)noc2n1. The van der Waals surface area contributed by atoms with Crippen molar-refractivity contribution in [3.8, 4) is 0 Å². The maximum absolute atomic E-state index is 12.3. The Morgan fingerprint density at radius 2 is 2.24 bits per heavy atom. The number of nitrogens with one attached hydrogen (secondary N) is 1. The zero-order valence-corrected chi connectivity index (χ0v) is 13.0. The summed E-state index contributed by atoms with van der Waals surface area (Å²) in [5, 5.41) is 16.1. The highest BCUT2D eigenvalue weighted by Crippen LogP contribution is 2.21. The number of nitrogens with zero attached hydrogens (tertiary/aromatic N) is 2. The first-order valence-corrected chi connectivity index (χ1v) is 7.99. The molecule has 21 heavy (non-hydrogen) atoms. The van der Waals surface area contributed by atoms with E-state index in [1.54, 1.807) is 24.8 Å². The molecule has 0 radical (unpaired) electrons. The van der Waals surface area contributed by atoms with Gasteiger partial charge in [-0.25, -0.2) is 4.98 Å². The fourth-order valence-corrected chi connectivity index (χ4v) is 2.78. The largest absolute Gasteiger partial charge is 0.396 e. The van der Waals surface area contributed by atoms with Crippen LogP contribution in [-0.4, -0.2) is 45.8 Å². The Morgan fingerprint density at radius 3 is 3.00 bits per heavy atom. The van der Waals surface area contributed by atoms with Crippen LogP contribution in [0.4, 0.5) is 0 Å². The topological polar surface area (TPSA) is 88.2 Å². The lowest BCUT2D eigenvalue weighted by Crippen LogP contribution is -2.26. The van der Waals surface area contributed by atoms with Gasteiger partial charge in [-0.05, 0) is 32.1 Å². The van der Waals surface area contributed by atoms with Gasteiger partial charge in [0, 0.05) is 24.6 Å². The van der Waals surface area contributed by atoms with E-state index in [-0.39, 0.29) is 12.5 Å². The molecule has 114 valence electrons. The van der Waals surface area contributed by atoms with Crippen LogP contribution in [0.25, 0.3) is 11.1 Å². The number of fused-ring (bicyclic) bond motifs is 1. The maximum atomic E-state index is 12.3. The van der Waals surface area contributed by atoms with Crippen molar-refractivity contribution >= 4 is 28.8 Å². The van der Waals surface area contributed by atoms with Crippen LogP contribution in [0.15, 0.2) is 10.6 Å². The maximum Gasteiger partial charge on any atom is 0.258 e. The van der Waals surface area contributed by atoms with Gasteiger partial charge in [-0.2, -0.15) is 11.8 Å². The smallest absolute Gasteiger partial charge is 0.258 e. The van der Waals surface area contributed by atoms with Gasteiger partial charge >= 0.3 is 0 Å². The molecule has 0 bridgehead atoms. The Balaban J connectivity index is 2.01. The van der Waals surface area contributed by atoms with Gasteiger partial charge in [-0.15, -0.1) is 0 Å². The molecule has 0 aliphatic carbocycles. The molecule has 2 heterocycles. The standard InChI is InChI=1S/C14H19N3O3S/c1-9-8-11(12-10(2)17-20-14(12)16-9)13(19)15-4-7-21-6-3-5-18/h8,18H,3-7H2,1-2H3,(H,15,19). The summed E-state index contributed by atoms with van der Waals surface area (Å²) >= 11 is 1.71. The molecule has 2 aromatic rings. The summed E-state index contributed by atoms with van der Waals surface area (Å²) in [6.07, 6.45) is 0.780. The first-order valence-electron chi connectivity index (χ1n) is 6.84. The first-order chi connectivity index (χ1) is 10.1. The van der Waals surface area contributed by atoms with Crippen molar-refractivity contribution in [1.82, 2.24) is 15.5 Å². The highest BCUT2D eigenvalue weighted by Gasteiger charge is 2.17. The van der Waals surface area contributed by atoms with Gasteiger partial charge in [-0.3, -0.25) is 4.79 Å². The van der Waals surface area contributed by atoms with Gasteiger partial charge in [0.25, 0.3) is 11.6 Å². The van der Waals surface area contributed by atoms with Crippen molar-refractivity contribution in [3.63, 3.8) is 0 Å². The quantitative estimate of drug-likeness (QED) is 0.757. The predicted molar refractivity (Wildman–Crippen MR) is 82.6 cm³/mol. The van der Waals surface area contributed by atoms with E-state index in [9.17, 15) is 4.79 Å². The molecule has 0 aliphatic heterocycles. The fraction of sp³-hybridized carbons (Fsp3) is 0.500. The third-order valence-corrected chi connectivity index (χ3v) is 4.04. The van der Waals surface area contributed by atoms with E-state index in [2.05, 4.69) is 15.5 Å². The summed E-state index contributed by atoms with van der Waals surface area (Å²) in [5.74, 6) is 1.58. The number of carbonyl (C=O) groups excluding carboxylic acids is 1. The van der Waals surface area contributed by atoms with E-state index < -0.39 is 0 Å². The minimum atomic E-state index is -0.139. The van der Waals surface area contributed by atoms with Gasteiger partial charge in [0.1, 0.15) is 0 Å². The molecule has 0 atom stereocenters. The van der Waals surface area contributed by atoms with Crippen molar-refractivity contribution < 1.29 is 14.4 Å². The van der Waals surface area contributed by atoms with Crippen LogP contribution in [0.3, 0.4) is 0 Å². The Kier molecular flexibility index (Phi) is 5.58. The minimum absolute atomic E-state index is 0.139. The van der Waals surface area contributed by atoms with Gasteiger partial charge < -0.3 is 14.9 Å². The number of hydrogen-bond acceptors (Lipinski definition) is 6. The Morgan fingerprint density at radius 1 is 1.43 bits per heavy atom. The van der Waals surface area contributed by atoms with Gasteiger partial charge in [-0.1, -0.05) is 5.16 Å². The third-order valence-electron chi connectivity index (χ3n) is 2.97. The van der Waals surface area contributed by atoms with Crippen molar-refractivity contribution in [3.05, 3.63) is 23.0 Å². The molecule has 0 fully saturated rings. The average molecular weight is 309 g/mol. The zero-order chi connectivity index (χ0) is 15.2. The molecule has 0 spiro atoms. The molecule has 0 unspecified atom stereocenters. The third kappa shape index (κ3) is 3.95. The van der Waals surface area contributed by atoms with Gasteiger partial charge in [0.2, 0.25) is 0 Å². The molecule has 2 rings (SSSR count). The number of rotatable bonds is 7. The van der Waals surface area contributed by atoms with Crippen molar-refractivity contribution in [2.45, 2.75) is 20.3 Å². The second-order valence-electron chi connectivity index (χ2n) is 4.70. The second-order valence-corrected chi connectivity index (χ2v) is 5.93. The number of aliphatic hydroxyl groups excluding tert-OH is 1. The summed E-state index contributed by atoms with van der Waals surface area (Å²) in [7, 11) is 0. The molecule has 7 heteroatoms. The summed E-state index contributed by atoms with van der Waals surface area (Å²) in [6.45, 7) is 4.41. The molecule has 1 amide bonds. The van der Waals surface area contributed by atoms with Gasteiger partial charge in [0.05, 0.1) is 16.6 Å². The van der Waals surface area contributed by atoms with Crippen LogP contribution in [0.2, 0.25) is 0 Å². The molecular formula is C14H19N3O3S. The highest BCUT2D eigenvalue weighted by molar-refractivity contribution is 7.99. The number of carbonyl (C=O) groups is 1. The fourth-order valence-electron chi connectivity index (χ4n) is 2.00. The Hall–Kier alpha value is -1.60. The lowest BCUT2D eigenvalue weighted by atomic mass is 10.1. The number of hydrogen-bond donors (Lipinski definition) is 2. The van der Waals surface area contributed by atoms with Crippen LogP contribution < -0.4 is 5.32 Å². The summed E-state index contributed by atoms with van der Waals surface area (Å²) in [6, 6.07) is 1.75. The molecule has 0 saturated carbocycles. The molecule has 6 nitrogen and oxygen atoms in total. The highest BCUT2D eigenvalue weighted by atomic mass is 32.2. The van der Waals surface area contributed by atoms with Gasteiger partial charge in [0.15, 0.2) is 0 Å². The minimum Gasteiger partial charge on any atom is -0.396 e. The number of aryl methyl sites for hydroxylation is 2. The lowest BCUT2D eigenvalue weighted by Gasteiger charge is -2.06. The molecule has 2 aromatic heterocycles. The monoisotopic (exact) mass is 309 g/mol. The van der Waals surface area contributed by atoms with Crippen LogP contribution in [-0.2, 0) is 0 Å².